The van der Waals surface area contributed by atoms with Crippen LogP contribution in [0.15, 0.2) is 54.9 Å². The Bertz CT molecular complexity index is 1130. The number of hydrogen-bond donors (Lipinski definition) is 2. The van der Waals surface area contributed by atoms with E-state index in [9.17, 15) is 13.2 Å². The summed E-state index contributed by atoms with van der Waals surface area (Å²) in [6.07, 6.45) is 4.62. The molecule has 0 spiro atoms. The molecule has 1 heterocycles. The van der Waals surface area contributed by atoms with Gasteiger partial charge >= 0.3 is 0 Å². The molecular weight excluding hydrogens is 400 g/mol. The quantitative estimate of drug-likeness (QED) is 0.643. The van der Waals surface area contributed by atoms with Gasteiger partial charge in [0.2, 0.25) is 10.0 Å². The molecular formula is C19H19ClN4O3S. The van der Waals surface area contributed by atoms with Gasteiger partial charge in [-0.25, -0.2) is 13.4 Å². The molecule has 28 heavy (non-hydrogen) atoms. The van der Waals surface area contributed by atoms with Crippen LogP contribution in [0.1, 0.15) is 21.7 Å². The maximum atomic E-state index is 12.5. The molecule has 2 aromatic carbocycles. The van der Waals surface area contributed by atoms with Crippen LogP contribution in [0, 0.1) is 6.92 Å². The molecule has 9 heteroatoms. The highest BCUT2D eigenvalue weighted by atomic mass is 35.5. The first kappa shape index (κ1) is 19.9. The van der Waals surface area contributed by atoms with Gasteiger partial charge in [-0.05, 0) is 36.8 Å². The number of rotatable bonds is 6. The van der Waals surface area contributed by atoms with E-state index in [1.54, 1.807) is 6.20 Å². The fourth-order valence-corrected chi connectivity index (χ4v) is 3.61. The lowest BCUT2D eigenvalue weighted by atomic mass is 10.1. The van der Waals surface area contributed by atoms with Crippen molar-refractivity contribution >= 4 is 33.2 Å². The summed E-state index contributed by atoms with van der Waals surface area (Å²) in [7, 11) is -3.45. The molecule has 1 amide bonds. The molecule has 3 aromatic rings. The van der Waals surface area contributed by atoms with Gasteiger partial charge in [0, 0.05) is 24.5 Å². The molecule has 0 aliphatic carbocycles. The molecule has 0 radical (unpaired) electrons. The van der Waals surface area contributed by atoms with Crippen LogP contribution >= 0.6 is 11.6 Å². The van der Waals surface area contributed by atoms with Crippen LogP contribution in [0.3, 0.4) is 0 Å². The zero-order valence-corrected chi connectivity index (χ0v) is 16.9. The minimum atomic E-state index is -3.45. The van der Waals surface area contributed by atoms with Crippen molar-refractivity contribution in [1.29, 1.82) is 0 Å². The molecule has 0 bridgehead atoms. The maximum Gasteiger partial charge on any atom is 0.251 e. The predicted molar refractivity (Wildman–Crippen MR) is 109 cm³/mol. The Balaban J connectivity index is 1.75. The second kappa shape index (κ2) is 8.04. The molecule has 7 nitrogen and oxygen atoms in total. The number of halogens is 1. The summed E-state index contributed by atoms with van der Waals surface area (Å²) in [4.78, 5) is 16.7. The van der Waals surface area contributed by atoms with Crippen molar-refractivity contribution in [2.45, 2.75) is 13.5 Å². The molecule has 1 aromatic heterocycles. The first-order valence-electron chi connectivity index (χ1n) is 8.38. The van der Waals surface area contributed by atoms with E-state index in [0.717, 1.165) is 23.3 Å². The summed E-state index contributed by atoms with van der Waals surface area (Å²) < 4.78 is 26.9. The fourth-order valence-electron chi connectivity index (χ4n) is 2.74. The summed E-state index contributed by atoms with van der Waals surface area (Å²) in [5.41, 5.74) is 2.42. The first-order chi connectivity index (χ1) is 13.2. The van der Waals surface area contributed by atoms with Crippen LogP contribution < -0.4 is 10.0 Å². The molecule has 0 aliphatic rings. The molecule has 3 rings (SSSR count). The minimum absolute atomic E-state index is 0.146. The van der Waals surface area contributed by atoms with Crippen LogP contribution in [-0.4, -0.2) is 30.1 Å². The Morgan fingerprint density at radius 1 is 1.21 bits per heavy atom. The Morgan fingerprint density at radius 2 is 1.96 bits per heavy atom. The lowest BCUT2D eigenvalue weighted by Crippen LogP contribution is -2.23. The minimum Gasteiger partial charge on any atom is -0.348 e. The van der Waals surface area contributed by atoms with Gasteiger partial charge in [-0.3, -0.25) is 9.52 Å². The number of aryl methyl sites for hydroxylation is 1. The van der Waals surface area contributed by atoms with Gasteiger partial charge in [0.1, 0.15) is 5.82 Å². The Kier molecular flexibility index (Phi) is 5.71. The van der Waals surface area contributed by atoms with Gasteiger partial charge in [0.25, 0.3) is 5.91 Å². The molecule has 146 valence electrons. The van der Waals surface area contributed by atoms with Gasteiger partial charge in [-0.2, -0.15) is 0 Å². The lowest BCUT2D eigenvalue weighted by Gasteiger charge is -2.13. The van der Waals surface area contributed by atoms with E-state index in [2.05, 4.69) is 15.0 Å². The van der Waals surface area contributed by atoms with Gasteiger partial charge < -0.3 is 9.88 Å². The van der Waals surface area contributed by atoms with E-state index in [-0.39, 0.29) is 16.6 Å². The standard InChI is InChI=1S/C19H19ClN4O3S/c1-13-21-9-10-24(13)18-6-4-3-5-15(18)12-22-19(25)14-7-8-17(16(20)11-14)23-28(2,26)27/h3-11,23H,12H2,1-2H3,(H,22,25). The summed E-state index contributed by atoms with van der Waals surface area (Å²) in [6, 6.07) is 12.1. The van der Waals surface area contributed by atoms with E-state index < -0.39 is 10.0 Å². The number of nitrogens with one attached hydrogen (secondary N) is 2. The number of carbonyl (C=O) groups is 1. The molecule has 0 saturated carbocycles. The second-order valence-corrected chi connectivity index (χ2v) is 8.38. The number of aromatic nitrogens is 2. The smallest absolute Gasteiger partial charge is 0.251 e. The Hall–Kier alpha value is -2.84. The number of imidazole rings is 1. The number of amides is 1. The van der Waals surface area contributed by atoms with Gasteiger partial charge in [0.05, 0.1) is 22.7 Å². The zero-order chi connectivity index (χ0) is 20.3. The average Bonchev–Trinajstić information content (AvgIpc) is 3.06. The van der Waals surface area contributed by atoms with E-state index >= 15 is 0 Å². The number of hydrogen-bond acceptors (Lipinski definition) is 4. The third-order valence-electron chi connectivity index (χ3n) is 4.04. The zero-order valence-electron chi connectivity index (χ0n) is 15.3. The van der Waals surface area contributed by atoms with Crippen molar-refractivity contribution < 1.29 is 13.2 Å². The van der Waals surface area contributed by atoms with Crippen LogP contribution in [0.25, 0.3) is 5.69 Å². The molecule has 2 N–H and O–H groups in total. The van der Waals surface area contributed by atoms with Crippen LogP contribution in [0.5, 0.6) is 0 Å². The van der Waals surface area contributed by atoms with E-state index in [4.69, 9.17) is 11.6 Å². The fraction of sp³-hybridized carbons (Fsp3) is 0.158. The monoisotopic (exact) mass is 418 g/mol. The van der Waals surface area contributed by atoms with Crippen molar-refractivity contribution in [2.24, 2.45) is 0 Å². The van der Waals surface area contributed by atoms with E-state index in [1.807, 2.05) is 42.0 Å². The summed E-state index contributed by atoms with van der Waals surface area (Å²) in [6.45, 7) is 2.22. The number of nitrogens with zero attached hydrogens (tertiary/aromatic N) is 2. The molecule has 0 unspecified atom stereocenters. The number of carbonyl (C=O) groups excluding carboxylic acids is 1. The van der Waals surface area contributed by atoms with Gasteiger partial charge in [0.15, 0.2) is 0 Å². The highest BCUT2D eigenvalue weighted by molar-refractivity contribution is 7.92. The van der Waals surface area contributed by atoms with Crippen LogP contribution in [0.2, 0.25) is 5.02 Å². The number of para-hydroxylation sites is 1. The highest BCUT2D eigenvalue weighted by Gasteiger charge is 2.12. The van der Waals surface area contributed by atoms with Gasteiger partial charge in [-0.15, -0.1) is 0 Å². The molecule has 0 fully saturated rings. The largest absolute Gasteiger partial charge is 0.348 e. The summed E-state index contributed by atoms with van der Waals surface area (Å²) in [5.74, 6) is 0.532. The molecule has 0 saturated heterocycles. The highest BCUT2D eigenvalue weighted by Crippen LogP contribution is 2.24. The maximum absolute atomic E-state index is 12.5. The van der Waals surface area contributed by atoms with Crippen LogP contribution in [0.4, 0.5) is 5.69 Å². The average molecular weight is 419 g/mol. The third kappa shape index (κ3) is 4.71. The lowest BCUT2D eigenvalue weighted by molar-refractivity contribution is 0.0951. The second-order valence-electron chi connectivity index (χ2n) is 6.22. The van der Waals surface area contributed by atoms with Crippen molar-refractivity contribution in [3.05, 3.63) is 76.8 Å². The summed E-state index contributed by atoms with van der Waals surface area (Å²) >= 11 is 6.09. The van der Waals surface area contributed by atoms with Crippen molar-refractivity contribution in [1.82, 2.24) is 14.9 Å². The molecule has 0 atom stereocenters. The predicted octanol–water partition coefficient (Wildman–Crippen LogP) is 3.14. The van der Waals surface area contributed by atoms with Gasteiger partial charge in [-0.1, -0.05) is 29.8 Å². The number of sulfonamides is 1. The number of benzene rings is 2. The van der Waals surface area contributed by atoms with Crippen molar-refractivity contribution in [2.75, 3.05) is 11.0 Å². The Morgan fingerprint density at radius 3 is 2.61 bits per heavy atom. The van der Waals surface area contributed by atoms with E-state index in [0.29, 0.717) is 12.1 Å². The SMILES string of the molecule is Cc1nccn1-c1ccccc1CNC(=O)c1ccc(NS(C)(=O)=O)c(Cl)c1. The normalized spacial score (nSPS) is 11.2. The first-order valence-corrected chi connectivity index (χ1v) is 10.7. The number of anilines is 1. The summed E-state index contributed by atoms with van der Waals surface area (Å²) in [5, 5.41) is 3.01. The Labute approximate surface area is 168 Å². The van der Waals surface area contributed by atoms with Crippen LogP contribution in [-0.2, 0) is 16.6 Å². The van der Waals surface area contributed by atoms with Crippen molar-refractivity contribution in [3.63, 3.8) is 0 Å². The van der Waals surface area contributed by atoms with E-state index in [1.165, 1.54) is 18.2 Å². The third-order valence-corrected chi connectivity index (χ3v) is 4.95. The molecule has 0 aliphatic heterocycles. The topological polar surface area (TPSA) is 93.1 Å². The van der Waals surface area contributed by atoms with Crippen molar-refractivity contribution in [3.8, 4) is 5.69 Å².